The molecule has 1 heterocycles. The smallest absolute Gasteiger partial charge is 0.387 e. The number of piperazine rings is 1. The van der Waals surface area contributed by atoms with Crippen molar-refractivity contribution in [3.05, 3.63) is 29.8 Å². The van der Waals surface area contributed by atoms with Crippen LogP contribution in [0.25, 0.3) is 0 Å². The van der Waals surface area contributed by atoms with Gasteiger partial charge in [0.1, 0.15) is 5.75 Å². The summed E-state index contributed by atoms with van der Waals surface area (Å²) in [4.78, 5) is 19.0. The van der Waals surface area contributed by atoms with Crippen LogP contribution in [-0.2, 0) is 11.3 Å². The highest BCUT2D eigenvalue weighted by Gasteiger charge is 2.27. The molecule has 1 aliphatic carbocycles. The minimum atomic E-state index is -2.82. The van der Waals surface area contributed by atoms with Crippen molar-refractivity contribution < 1.29 is 18.3 Å². The maximum Gasteiger partial charge on any atom is 0.387 e. The summed E-state index contributed by atoms with van der Waals surface area (Å²) in [5.74, 6) is 0.208. The summed E-state index contributed by atoms with van der Waals surface area (Å²) in [6.07, 6.45) is 5.35. The van der Waals surface area contributed by atoms with E-state index in [2.05, 4.69) is 14.5 Å². The van der Waals surface area contributed by atoms with E-state index >= 15 is 0 Å². The Bertz CT molecular complexity index is 598. The zero-order chi connectivity index (χ0) is 19.2. The molecular formula is C20H29F2N3O2. The second-order valence-electron chi connectivity index (χ2n) is 7.52. The van der Waals surface area contributed by atoms with E-state index in [1.807, 2.05) is 0 Å². The number of likely N-dealkylation sites (N-methyl/N-ethyl adjacent to an activating group) is 1. The number of carbonyl (C=O) groups excluding carboxylic acids is 1. The first-order chi connectivity index (χ1) is 13.0. The fraction of sp³-hybridized carbons (Fsp3) is 0.650. The van der Waals surface area contributed by atoms with Crippen molar-refractivity contribution in [3.8, 4) is 5.75 Å². The number of alkyl halides is 2. The minimum Gasteiger partial charge on any atom is -0.435 e. The van der Waals surface area contributed by atoms with E-state index < -0.39 is 6.61 Å². The number of benzene rings is 1. The summed E-state index contributed by atoms with van der Waals surface area (Å²) in [7, 11) is 1.78. The van der Waals surface area contributed by atoms with Crippen LogP contribution in [0.5, 0.6) is 5.75 Å². The normalized spacial score (nSPS) is 19.6. The summed E-state index contributed by atoms with van der Waals surface area (Å²) in [6, 6.07) is 7.18. The molecule has 0 bridgehead atoms. The molecule has 0 N–H and O–H groups in total. The lowest BCUT2D eigenvalue weighted by Crippen LogP contribution is -2.51. The van der Waals surface area contributed by atoms with Crippen LogP contribution in [-0.4, -0.2) is 73.0 Å². The van der Waals surface area contributed by atoms with Gasteiger partial charge in [0.2, 0.25) is 5.91 Å². The average molecular weight is 381 g/mol. The molecule has 3 rings (SSSR count). The average Bonchev–Trinajstić information content (AvgIpc) is 3.18. The molecule has 0 spiro atoms. The van der Waals surface area contributed by atoms with Gasteiger partial charge in [-0.25, -0.2) is 0 Å². The number of carbonyl (C=O) groups is 1. The van der Waals surface area contributed by atoms with Crippen LogP contribution in [0.15, 0.2) is 24.3 Å². The van der Waals surface area contributed by atoms with E-state index in [4.69, 9.17) is 0 Å². The van der Waals surface area contributed by atoms with Gasteiger partial charge in [-0.05, 0) is 30.5 Å². The Balaban J connectivity index is 1.41. The molecule has 1 aliphatic heterocycles. The third-order valence-corrected chi connectivity index (χ3v) is 5.60. The molecule has 27 heavy (non-hydrogen) atoms. The van der Waals surface area contributed by atoms with Crippen molar-refractivity contribution in [2.45, 2.75) is 44.9 Å². The van der Waals surface area contributed by atoms with Crippen molar-refractivity contribution in [1.82, 2.24) is 14.7 Å². The third kappa shape index (κ3) is 5.87. The SMILES string of the molecule is CN(Cc1ccc(OC(F)F)cc1)C(=O)CN1CCN(C2CCCC2)CC1. The molecule has 0 radical (unpaired) electrons. The molecule has 1 saturated carbocycles. The molecule has 0 aromatic heterocycles. The molecule has 2 fully saturated rings. The van der Waals surface area contributed by atoms with Gasteiger partial charge in [-0.3, -0.25) is 14.6 Å². The Labute approximate surface area is 159 Å². The van der Waals surface area contributed by atoms with Crippen LogP contribution >= 0.6 is 0 Å². The highest BCUT2D eigenvalue weighted by atomic mass is 19.3. The van der Waals surface area contributed by atoms with Gasteiger partial charge in [0.15, 0.2) is 0 Å². The topological polar surface area (TPSA) is 36.0 Å². The Hall–Kier alpha value is -1.73. The van der Waals surface area contributed by atoms with Gasteiger partial charge in [-0.2, -0.15) is 8.78 Å². The Morgan fingerprint density at radius 2 is 1.78 bits per heavy atom. The van der Waals surface area contributed by atoms with Crippen LogP contribution in [0.4, 0.5) is 8.78 Å². The predicted octanol–water partition coefficient (Wildman–Crippen LogP) is 2.81. The Morgan fingerprint density at radius 1 is 1.15 bits per heavy atom. The second-order valence-corrected chi connectivity index (χ2v) is 7.52. The summed E-state index contributed by atoms with van der Waals surface area (Å²) in [5, 5.41) is 0. The number of ether oxygens (including phenoxy) is 1. The molecule has 1 saturated heterocycles. The van der Waals surface area contributed by atoms with Gasteiger partial charge in [-0.15, -0.1) is 0 Å². The fourth-order valence-corrected chi connectivity index (χ4v) is 4.01. The minimum absolute atomic E-state index is 0.0808. The summed E-state index contributed by atoms with van der Waals surface area (Å²) in [6.45, 7) is 2.04. The van der Waals surface area contributed by atoms with Gasteiger partial charge in [-0.1, -0.05) is 25.0 Å². The van der Waals surface area contributed by atoms with E-state index in [1.165, 1.54) is 37.8 Å². The first-order valence-electron chi connectivity index (χ1n) is 9.75. The van der Waals surface area contributed by atoms with Crippen LogP contribution in [0.2, 0.25) is 0 Å². The summed E-state index contributed by atoms with van der Waals surface area (Å²) in [5.41, 5.74) is 0.888. The number of amides is 1. The lowest BCUT2D eigenvalue weighted by Gasteiger charge is -2.38. The first-order valence-corrected chi connectivity index (χ1v) is 9.75. The lowest BCUT2D eigenvalue weighted by molar-refractivity contribution is -0.132. The molecule has 0 unspecified atom stereocenters. The quantitative estimate of drug-likeness (QED) is 0.728. The molecule has 2 aliphatic rings. The Morgan fingerprint density at radius 3 is 2.37 bits per heavy atom. The van der Waals surface area contributed by atoms with E-state index in [9.17, 15) is 13.6 Å². The van der Waals surface area contributed by atoms with Gasteiger partial charge in [0.25, 0.3) is 0 Å². The standard InChI is InChI=1S/C20H29F2N3O2/c1-23(14-16-6-8-18(9-7-16)27-20(21)22)19(26)15-24-10-12-25(13-11-24)17-4-2-3-5-17/h6-9,17,20H,2-5,10-15H2,1H3. The fourth-order valence-electron chi connectivity index (χ4n) is 4.01. The second kappa shape index (κ2) is 9.46. The van der Waals surface area contributed by atoms with Gasteiger partial charge >= 0.3 is 6.61 Å². The van der Waals surface area contributed by atoms with Crippen molar-refractivity contribution in [2.24, 2.45) is 0 Å². The van der Waals surface area contributed by atoms with Gasteiger partial charge < -0.3 is 9.64 Å². The third-order valence-electron chi connectivity index (χ3n) is 5.60. The predicted molar refractivity (Wildman–Crippen MR) is 99.8 cm³/mol. The summed E-state index contributed by atoms with van der Waals surface area (Å²) < 4.78 is 28.7. The number of hydrogen-bond donors (Lipinski definition) is 0. The van der Waals surface area contributed by atoms with E-state index in [0.717, 1.165) is 37.8 Å². The van der Waals surface area contributed by atoms with Gasteiger partial charge in [0.05, 0.1) is 6.54 Å². The number of rotatable bonds is 7. The molecule has 5 nitrogen and oxygen atoms in total. The molecule has 0 atom stereocenters. The van der Waals surface area contributed by atoms with Crippen molar-refractivity contribution in [3.63, 3.8) is 0 Å². The maximum atomic E-state index is 12.5. The maximum absolute atomic E-state index is 12.5. The van der Waals surface area contributed by atoms with Crippen molar-refractivity contribution in [2.75, 3.05) is 39.8 Å². The van der Waals surface area contributed by atoms with E-state index in [0.29, 0.717) is 13.1 Å². The van der Waals surface area contributed by atoms with Crippen molar-refractivity contribution in [1.29, 1.82) is 0 Å². The van der Waals surface area contributed by atoms with Crippen LogP contribution in [0, 0.1) is 0 Å². The largest absolute Gasteiger partial charge is 0.435 e. The first kappa shape index (κ1) is 20.0. The zero-order valence-corrected chi connectivity index (χ0v) is 15.9. The number of nitrogens with zero attached hydrogens (tertiary/aromatic N) is 3. The highest BCUT2D eigenvalue weighted by molar-refractivity contribution is 5.78. The van der Waals surface area contributed by atoms with E-state index in [-0.39, 0.29) is 11.7 Å². The van der Waals surface area contributed by atoms with E-state index in [1.54, 1.807) is 24.1 Å². The van der Waals surface area contributed by atoms with Crippen LogP contribution in [0.3, 0.4) is 0 Å². The lowest BCUT2D eigenvalue weighted by atomic mass is 10.2. The van der Waals surface area contributed by atoms with Crippen LogP contribution in [0.1, 0.15) is 31.2 Å². The van der Waals surface area contributed by atoms with Crippen molar-refractivity contribution >= 4 is 5.91 Å². The molecule has 7 heteroatoms. The molecule has 1 amide bonds. The molecule has 1 aromatic rings. The molecular weight excluding hydrogens is 352 g/mol. The van der Waals surface area contributed by atoms with Crippen LogP contribution < -0.4 is 4.74 Å². The summed E-state index contributed by atoms with van der Waals surface area (Å²) >= 11 is 0. The monoisotopic (exact) mass is 381 g/mol. The Kier molecular flexibility index (Phi) is 7.01. The zero-order valence-electron chi connectivity index (χ0n) is 15.9. The molecule has 1 aromatic carbocycles. The highest BCUT2D eigenvalue weighted by Crippen LogP contribution is 2.24. The number of hydrogen-bond acceptors (Lipinski definition) is 4. The number of halogens is 2. The molecule has 150 valence electrons. The van der Waals surface area contributed by atoms with Gasteiger partial charge in [0, 0.05) is 45.8 Å².